The van der Waals surface area contributed by atoms with Gasteiger partial charge in [0.15, 0.2) is 0 Å². The lowest BCUT2D eigenvalue weighted by molar-refractivity contribution is -0.399. The van der Waals surface area contributed by atoms with Gasteiger partial charge in [-0.25, -0.2) is 4.98 Å². The fourth-order valence-electron chi connectivity index (χ4n) is 2.67. The Kier molecular flexibility index (Phi) is 4.09. The summed E-state index contributed by atoms with van der Waals surface area (Å²) in [5, 5.41) is -0.443. The Balaban J connectivity index is 2.35. The van der Waals surface area contributed by atoms with Crippen LogP contribution in [0.1, 0.15) is 5.69 Å². The van der Waals surface area contributed by atoms with Crippen LogP contribution >= 0.6 is 0 Å². The van der Waals surface area contributed by atoms with Crippen LogP contribution in [0.15, 0.2) is 48.5 Å². The van der Waals surface area contributed by atoms with Gasteiger partial charge in [0.2, 0.25) is 0 Å². The molecule has 0 N–H and O–H groups in total. The summed E-state index contributed by atoms with van der Waals surface area (Å²) in [5.41, 5.74) is -2.11. The lowest BCUT2D eigenvalue weighted by atomic mass is 9.95. The Morgan fingerprint density at radius 1 is 0.556 bits per heavy atom. The van der Waals surface area contributed by atoms with E-state index in [9.17, 15) is 39.5 Å². The van der Waals surface area contributed by atoms with E-state index in [1.165, 1.54) is 30.3 Å². The third-order valence-corrected chi connectivity index (χ3v) is 4.05. The van der Waals surface area contributed by atoms with Crippen molar-refractivity contribution in [2.45, 2.75) is 23.9 Å². The van der Waals surface area contributed by atoms with E-state index in [1.807, 2.05) is 0 Å². The summed E-state index contributed by atoms with van der Waals surface area (Å²) in [6, 6.07) is 10.1. The molecule has 0 saturated heterocycles. The number of halogens is 9. The van der Waals surface area contributed by atoms with Gasteiger partial charge in [-0.1, -0.05) is 42.5 Å². The fraction of sp³-hybridized carbons (Fsp3) is 0.235. The van der Waals surface area contributed by atoms with Crippen molar-refractivity contribution >= 4 is 21.7 Å². The van der Waals surface area contributed by atoms with Crippen molar-refractivity contribution in [3.8, 4) is 0 Å². The van der Waals surface area contributed by atoms with Gasteiger partial charge in [0.1, 0.15) is 5.69 Å². The predicted octanol–water partition coefficient (Wildman–Crippen LogP) is 6.31. The molecule has 0 atom stereocenters. The average Bonchev–Trinajstić information content (AvgIpc) is 2.59. The first-order chi connectivity index (χ1) is 12.3. The van der Waals surface area contributed by atoms with Crippen molar-refractivity contribution in [3.63, 3.8) is 0 Å². The van der Waals surface area contributed by atoms with Gasteiger partial charge >= 0.3 is 23.9 Å². The number of pyridine rings is 1. The molecule has 2 aromatic carbocycles. The van der Waals surface area contributed by atoms with Gasteiger partial charge in [0.05, 0.1) is 5.52 Å². The van der Waals surface area contributed by atoms with Crippen LogP contribution < -0.4 is 0 Å². The van der Waals surface area contributed by atoms with Crippen LogP contribution in [0.4, 0.5) is 39.5 Å². The first kappa shape index (κ1) is 19.2. The van der Waals surface area contributed by atoms with Gasteiger partial charge in [-0.05, 0) is 11.5 Å². The molecule has 0 aliphatic heterocycles. The number of hydrogen-bond acceptors (Lipinski definition) is 1. The molecule has 1 heterocycles. The molecule has 0 amide bonds. The minimum atomic E-state index is -6.97. The maximum Gasteiger partial charge on any atom is 0.460 e. The van der Waals surface area contributed by atoms with Crippen molar-refractivity contribution < 1.29 is 39.5 Å². The van der Waals surface area contributed by atoms with Crippen LogP contribution in [-0.2, 0) is 5.92 Å². The third kappa shape index (κ3) is 2.61. The highest BCUT2D eigenvalue weighted by molar-refractivity contribution is 6.06. The second-order valence-electron chi connectivity index (χ2n) is 5.74. The Hall–Kier alpha value is -2.52. The molecular weight excluding hydrogens is 389 g/mol. The van der Waals surface area contributed by atoms with Crippen LogP contribution in [0.3, 0.4) is 0 Å². The number of hydrogen-bond donors (Lipinski definition) is 0. The van der Waals surface area contributed by atoms with Crippen LogP contribution in [0.25, 0.3) is 21.7 Å². The van der Waals surface area contributed by atoms with Gasteiger partial charge < -0.3 is 0 Å². The van der Waals surface area contributed by atoms with E-state index < -0.39 is 35.0 Å². The van der Waals surface area contributed by atoms with Gasteiger partial charge in [0.25, 0.3) is 0 Å². The molecule has 1 nitrogen and oxygen atoms in total. The summed E-state index contributed by atoms with van der Waals surface area (Å²) in [5.74, 6) is -19.6. The highest BCUT2D eigenvalue weighted by atomic mass is 19.4. The van der Waals surface area contributed by atoms with Gasteiger partial charge in [-0.3, -0.25) is 0 Å². The first-order valence-electron chi connectivity index (χ1n) is 7.30. The van der Waals surface area contributed by atoms with Crippen LogP contribution in [0.2, 0.25) is 0 Å². The van der Waals surface area contributed by atoms with E-state index in [0.29, 0.717) is 0 Å². The van der Waals surface area contributed by atoms with Crippen LogP contribution in [0.5, 0.6) is 0 Å². The lowest BCUT2D eigenvalue weighted by Crippen LogP contribution is -2.59. The quantitative estimate of drug-likeness (QED) is 0.373. The topological polar surface area (TPSA) is 12.9 Å². The summed E-state index contributed by atoms with van der Waals surface area (Å²) in [4.78, 5) is 3.31. The highest BCUT2D eigenvalue weighted by Gasteiger charge is 2.82. The van der Waals surface area contributed by atoms with Gasteiger partial charge in [0, 0.05) is 10.8 Å². The monoisotopic (exact) mass is 397 g/mol. The molecule has 0 bridgehead atoms. The molecular formula is C17H8F9N. The van der Waals surface area contributed by atoms with E-state index in [1.54, 1.807) is 0 Å². The number of nitrogens with zero attached hydrogens (tertiary/aromatic N) is 1. The van der Waals surface area contributed by atoms with Crippen molar-refractivity contribution in [1.82, 2.24) is 4.98 Å². The van der Waals surface area contributed by atoms with E-state index in [-0.39, 0.29) is 16.3 Å². The smallest absolute Gasteiger partial charge is 0.246 e. The normalized spacial score (nSPS) is 14.1. The Morgan fingerprint density at radius 2 is 1.04 bits per heavy atom. The SMILES string of the molecule is FC(F)(F)C(F)(F)C(F)(F)C(F)(F)c1nc2ccccc2c2ccccc12. The minimum absolute atomic E-state index is 0.0381. The molecule has 0 fully saturated rings. The maximum absolute atomic E-state index is 14.4. The Labute approximate surface area is 145 Å². The number of rotatable bonds is 3. The van der Waals surface area contributed by atoms with E-state index in [0.717, 1.165) is 18.2 Å². The molecule has 0 radical (unpaired) electrons. The molecule has 10 heteroatoms. The van der Waals surface area contributed by atoms with Crippen molar-refractivity contribution in [2.24, 2.45) is 0 Å². The molecule has 0 aliphatic rings. The molecule has 27 heavy (non-hydrogen) atoms. The zero-order chi connectivity index (χ0) is 20.3. The second-order valence-corrected chi connectivity index (χ2v) is 5.74. The third-order valence-electron chi connectivity index (χ3n) is 4.05. The molecule has 0 unspecified atom stereocenters. The van der Waals surface area contributed by atoms with Gasteiger partial charge in [-0.2, -0.15) is 39.5 Å². The average molecular weight is 397 g/mol. The minimum Gasteiger partial charge on any atom is -0.246 e. The summed E-state index contributed by atoms with van der Waals surface area (Å²) < 4.78 is 120. The summed E-state index contributed by atoms with van der Waals surface area (Å²) in [7, 11) is 0. The molecule has 0 spiro atoms. The van der Waals surface area contributed by atoms with Crippen LogP contribution in [0, 0.1) is 0 Å². The van der Waals surface area contributed by atoms with Crippen molar-refractivity contribution in [2.75, 3.05) is 0 Å². The summed E-state index contributed by atoms with van der Waals surface area (Å²) >= 11 is 0. The fourth-order valence-corrected chi connectivity index (χ4v) is 2.67. The van der Waals surface area contributed by atoms with E-state index in [2.05, 4.69) is 4.98 Å². The Bertz CT molecular complexity index is 1010. The zero-order valence-electron chi connectivity index (χ0n) is 13.0. The lowest BCUT2D eigenvalue weighted by Gasteiger charge is -2.33. The molecule has 0 saturated carbocycles. The molecule has 0 aliphatic carbocycles. The zero-order valence-corrected chi connectivity index (χ0v) is 13.0. The highest BCUT2D eigenvalue weighted by Crippen LogP contribution is 2.57. The molecule has 3 aromatic rings. The first-order valence-corrected chi connectivity index (χ1v) is 7.30. The molecule has 3 rings (SSSR count). The molecule has 144 valence electrons. The Morgan fingerprint density at radius 3 is 1.59 bits per heavy atom. The van der Waals surface area contributed by atoms with Crippen LogP contribution in [-0.4, -0.2) is 23.0 Å². The predicted molar refractivity (Wildman–Crippen MR) is 79.1 cm³/mol. The van der Waals surface area contributed by atoms with E-state index >= 15 is 0 Å². The number of fused-ring (bicyclic) bond motifs is 3. The number of benzene rings is 2. The standard InChI is InChI=1S/C17H8F9N/c18-14(19,15(20,21)16(22,23)17(24,25)26)13-11-7-2-1-5-9(11)10-6-3-4-8-12(10)27-13/h1-8H. The summed E-state index contributed by atoms with van der Waals surface area (Å²) in [6.45, 7) is 0. The van der Waals surface area contributed by atoms with Crippen molar-refractivity contribution in [3.05, 3.63) is 54.2 Å². The number of para-hydroxylation sites is 1. The second kappa shape index (κ2) is 5.74. The summed E-state index contributed by atoms with van der Waals surface area (Å²) in [6.07, 6.45) is -6.88. The van der Waals surface area contributed by atoms with Crippen molar-refractivity contribution in [1.29, 1.82) is 0 Å². The molecule has 1 aromatic heterocycles. The maximum atomic E-state index is 14.4. The number of alkyl halides is 9. The van der Waals surface area contributed by atoms with Gasteiger partial charge in [-0.15, -0.1) is 0 Å². The number of aromatic nitrogens is 1. The van der Waals surface area contributed by atoms with E-state index in [4.69, 9.17) is 0 Å². The largest absolute Gasteiger partial charge is 0.460 e.